The molecule has 0 fully saturated rings. The van der Waals surface area contributed by atoms with Crippen molar-refractivity contribution in [3.8, 4) is 67.3 Å². The summed E-state index contributed by atoms with van der Waals surface area (Å²) in [4.78, 5) is 10.7. The number of aromatic nitrogens is 2. The highest BCUT2D eigenvalue weighted by Crippen LogP contribution is 2.50. The van der Waals surface area contributed by atoms with Crippen molar-refractivity contribution in [3.63, 3.8) is 0 Å². The minimum atomic E-state index is -0.121. The molecular formula is C55H36N2S2. The summed E-state index contributed by atoms with van der Waals surface area (Å²) >= 11 is 3.75. The Hall–Kier alpha value is -6.72. The highest BCUT2D eigenvalue weighted by atomic mass is 32.1. The molecule has 0 saturated heterocycles. The second-order valence-corrected chi connectivity index (χ2v) is 18.2. The molecule has 0 amide bonds. The smallest absolute Gasteiger partial charge is 0.160 e. The maximum Gasteiger partial charge on any atom is 0.160 e. The molecule has 1 aliphatic rings. The van der Waals surface area contributed by atoms with E-state index in [9.17, 15) is 0 Å². The largest absolute Gasteiger partial charge is 0.228 e. The molecule has 0 unspecified atom stereocenters. The first-order chi connectivity index (χ1) is 29.0. The molecule has 59 heavy (non-hydrogen) atoms. The van der Waals surface area contributed by atoms with Gasteiger partial charge in [-0.05, 0) is 87.0 Å². The van der Waals surface area contributed by atoms with Crippen molar-refractivity contribution in [1.82, 2.24) is 9.97 Å². The van der Waals surface area contributed by atoms with Gasteiger partial charge in [-0.2, -0.15) is 0 Å². The lowest BCUT2D eigenvalue weighted by Gasteiger charge is -2.22. The lowest BCUT2D eigenvalue weighted by Crippen LogP contribution is -2.14. The first-order valence-corrected chi connectivity index (χ1v) is 21.8. The molecule has 0 saturated carbocycles. The predicted molar refractivity (Wildman–Crippen MR) is 253 cm³/mol. The van der Waals surface area contributed by atoms with Gasteiger partial charge in [-0.25, -0.2) is 9.97 Å². The monoisotopic (exact) mass is 788 g/mol. The second-order valence-electron chi connectivity index (χ2n) is 16.1. The summed E-state index contributed by atoms with van der Waals surface area (Å²) in [5.41, 5.74) is 14.9. The van der Waals surface area contributed by atoms with Gasteiger partial charge in [0.15, 0.2) is 5.82 Å². The van der Waals surface area contributed by atoms with Gasteiger partial charge in [-0.1, -0.05) is 153 Å². The molecule has 1 aliphatic carbocycles. The SMILES string of the molecule is CC1(C)c2ccccc2-c2ccc(-c3cc(-c4cc(-c5cccc6c5sc5ccccc56)cc(-c5cccc6c5sc5ccccc56)c4)nc(-c4ccccc4)n3)cc21. The number of rotatable bonds is 5. The van der Waals surface area contributed by atoms with Crippen LogP contribution in [-0.4, -0.2) is 9.97 Å². The predicted octanol–water partition coefficient (Wildman–Crippen LogP) is 15.9. The van der Waals surface area contributed by atoms with E-state index in [0.29, 0.717) is 5.82 Å². The van der Waals surface area contributed by atoms with Crippen LogP contribution >= 0.6 is 22.7 Å². The molecule has 0 N–H and O–H groups in total. The summed E-state index contributed by atoms with van der Waals surface area (Å²) in [7, 11) is 0. The summed E-state index contributed by atoms with van der Waals surface area (Å²) < 4.78 is 5.20. The summed E-state index contributed by atoms with van der Waals surface area (Å²) in [5, 5.41) is 5.18. The van der Waals surface area contributed by atoms with Crippen molar-refractivity contribution in [2.24, 2.45) is 0 Å². The van der Waals surface area contributed by atoms with Gasteiger partial charge >= 0.3 is 0 Å². The molecule has 8 aromatic carbocycles. The number of benzene rings is 8. The van der Waals surface area contributed by atoms with Crippen LogP contribution < -0.4 is 0 Å². The van der Waals surface area contributed by atoms with Crippen LogP contribution in [0.5, 0.6) is 0 Å². The lowest BCUT2D eigenvalue weighted by atomic mass is 9.82. The standard InChI is InChI=1S/C55H36N2S2/c1-55(2)46-23-9-6-16-40(46)41-27-26-34(31-47(41)55)48-32-49(57-54(56-48)33-14-4-3-5-15-33)37-29-35(38-19-12-21-44-42-17-7-10-24-50(42)58-52(38)44)28-36(30-37)39-20-13-22-45-43-18-8-11-25-51(43)59-53(39)45/h3-32H,1-2H3. The normalized spacial score (nSPS) is 13.1. The van der Waals surface area contributed by atoms with E-state index < -0.39 is 0 Å². The molecule has 2 nitrogen and oxygen atoms in total. The van der Waals surface area contributed by atoms with Gasteiger partial charge in [0.2, 0.25) is 0 Å². The van der Waals surface area contributed by atoms with Crippen molar-refractivity contribution in [3.05, 3.63) is 193 Å². The maximum atomic E-state index is 5.39. The van der Waals surface area contributed by atoms with Crippen molar-refractivity contribution >= 4 is 63.0 Å². The third kappa shape index (κ3) is 5.44. The van der Waals surface area contributed by atoms with Gasteiger partial charge in [0, 0.05) is 62.4 Å². The first kappa shape index (κ1) is 34.3. The van der Waals surface area contributed by atoms with E-state index in [4.69, 9.17) is 9.97 Å². The third-order valence-electron chi connectivity index (χ3n) is 12.3. The third-order valence-corrected chi connectivity index (χ3v) is 14.7. The van der Waals surface area contributed by atoms with Crippen molar-refractivity contribution in [2.45, 2.75) is 19.3 Å². The Kier molecular flexibility index (Phi) is 7.65. The molecule has 0 atom stereocenters. The minimum Gasteiger partial charge on any atom is -0.228 e. The van der Waals surface area contributed by atoms with E-state index in [-0.39, 0.29) is 5.41 Å². The molecule has 11 aromatic rings. The zero-order chi connectivity index (χ0) is 39.2. The van der Waals surface area contributed by atoms with E-state index in [0.717, 1.165) is 28.1 Å². The zero-order valence-electron chi connectivity index (χ0n) is 32.5. The van der Waals surface area contributed by atoms with Crippen LogP contribution in [0.4, 0.5) is 0 Å². The first-order valence-electron chi connectivity index (χ1n) is 20.1. The summed E-state index contributed by atoms with van der Waals surface area (Å²) in [6.45, 7) is 4.67. The van der Waals surface area contributed by atoms with Crippen LogP contribution in [-0.2, 0) is 5.41 Å². The molecule has 12 rings (SSSR count). The fourth-order valence-electron chi connectivity index (χ4n) is 9.36. The topological polar surface area (TPSA) is 25.8 Å². The molecule has 0 spiro atoms. The van der Waals surface area contributed by atoms with Crippen LogP contribution in [0.25, 0.3) is 108 Å². The Morgan fingerprint density at radius 3 is 1.53 bits per heavy atom. The van der Waals surface area contributed by atoms with Crippen molar-refractivity contribution < 1.29 is 0 Å². The van der Waals surface area contributed by atoms with Gasteiger partial charge in [0.25, 0.3) is 0 Å². The summed E-state index contributed by atoms with van der Waals surface area (Å²) in [6.07, 6.45) is 0. The Morgan fingerprint density at radius 1 is 0.356 bits per heavy atom. The highest BCUT2D eigenvalue weighted by Gasteiger charge is 2.35. The van der Waals surface area contributed by atoms with Gasteiger partial charge in [-0.3, -0.25) is 0 Å². The number of nitrogens with zero attached hydrogens (tertiary/aromatic N) is 2. The summed E-state index contributed by atoms with van der Waals surface area (Å²) in [5.74, 6) is 0.714. The Morgan fingerprint density at radius 2 is 0.864 bits per heavy atom. The van der Waals surface area contributed by atoms with Crippen LogP contribution in [0.15, 0.2) is 182 Å². The number of thiophene rings is 2. The van der Waals surface area contributed by atoms with Crippen LogP contribution in [0.1, 0.15) is 25.0 Å². The average molecular weight is 789 g/mol. The van der Waals surface area contributed by atoms with E-state index in [1.54, 1.807) is 0 Å². The van der Waals surface area contributed by atoms with E-state index in [1.807, 2.05) is 28.7 Å². The van der Waals surface area contributed by atoms with Crippen LogP contribution in [0, 0.1) is 0 Å². The second kappa shape index (κ2) is 13.2. The van der Waals surface area contributed by atoms with E-state index in [2.05, 4.69) is 190 Å². The quantitative estimate of drug-likeness (QED) is 0.174. The average Bonchev–Trinajstić information content (AvgIpc) is 3.94. The summed E-state index contributed by atoms with van der Waals surface area (Å²) in [6, 6.07) is 66.4. The van der Waals surface area contributed by atoms with Crippen molar-refractivity contribution in [2.75, 3.05) is 0 Å². The molecule has 0 aliphatic heterocycles. The molecule has 0 radical (unpaired) electrons. The fourth-order valence-corrected chi connectivity index (χ4v) is 11.8. The van der Waals surface area contributed by atoms with E-state index in [1.165, 1.54) is 84.9 Å². The molecule has 3 heterocycles. The van der Waals surface area contributed by atoms with Gasteiger partial charge in [0.05, 0.1) is 11.4 Å². The maximum absolute atomic E-state index is 5.39. The van der Waals surface area contributed by atoms with Crippen LogP contribution in [0.3, 0.4) is 0 Å². The lowest BCUT2D eigenvalue weighted by molar-refractivity contribution is 0.660. The fraction of sp³-hybridized carbons (Fsp3) is 0.0545. The number of fused-ring (bicyclic) bond motifs is 9. The van der Waals surface area contributed by atoms with Crippen molar-refractivity contribution in [1.29, 1.82) is 0 Å². The zero-order valence-corrected chi connectivity index (χ0v) is 34.2. The molecule has 278 valence electrons. The molecular weight excluding hydrogens is 753 g/mol. The Bertz CT molecular complexity index is 3350. The number of hydrogen-bond donors (Lipinski definition) is 0. The van der Waals surface area contributed by atoms with Crippen LogP contribution in [0.2, 0.25) is 0 Å². The molecule has 3 aromatic heterocycles. The van der Waals surface area contributed by atoms with Gasteiger partial charge in [0.1, 0.15) is 0 Å². The Labute approximate surface area is 350 Å². The molecule has 4 heteroatoms. The molecule has 0 bridgehead atoms. The minimum absolute atomic E-state index is 0.121. The van der Waals surface area contributed by atoms with Gasteiger partial charge < -0.3 is 0 Å². The number of hydrogen-bond acceptors (Lipinski definition) is 4. The Balaban J connectivity index is 1.11. The van der Waals surface area contributed by atoms with E-state index >= 15 is 0 Å². The highest BCUT2D eigenvalue weighted by molar-refractivity contribution is 7.26. The van der Waals surface area contributed by atoms with Gasteiger partial charge in [-0.15, -0.1) is 22.7 Å².